The minimum absolute atomic E-state index is 0.00379. The van der Waals surface area contributed by atoms with Crippen LogP contribution < -0.4 is 10.0 Å². The number of amides is 1. The normalized spacial score (nSPS) is 11.4. The van der Waals surface area contributed by atoms with Crippen LogP contribution in [0, 0.1) is 12.7 Å². The summed E-state index contributed by atoms with van der Waals surface area (Å²) in [6.45, 7) is 1.72. The summed E-state index contributed by atoms with van der Waals surface area (Å²) in [5.74, 6) is -0.852. The van der Waals surface area contributed by atoms with E-state index in [1.807, 2.05) is 0 Å². The Kier molecular flexibility index (Phi) is 5.99. The summed E-state index contributed by atoms with van der Waals surface area (Å²) in [5.41, 5.74) is 1.58. The fourth-order valence-electron chi connectivity index (χ4n) is 2.36. The Morgan fingerprint density at radius 2 is 1.86 bits per heavy atom. The van der Waals surface area contributed by atoms with Crippen LogP contribution in [0.3, 0.4) is 0 Å². The zero-order chi connectivity index (χ0) is 20.9. The number of benzene rings is 2. The van der Waals surface area contributed by atoms with Crippen LogP contribution in [0.2, 0.25) is 0 Å². The summed E-state index contributed by atoms with van der Waals surface area (Å²) in [4.78, 5) is 19.9. The van der Waals surface area contributed by atoms with Crippen LogP contribution in [0.15, 0.2) is 71.8 Å². The number of nitrogens with zero attached hydrogens (tertiary/aromatic N) is 2. The van der Waals surface area contributed by atoms with Gasteiger partial charge < -0.3 is 5.32 Å². The molecule has 0 spiro atoms. The molecule has 0 atom stereocenters. The van der Waals surface area contributed by atoms with Crippen LogP contribution in [-0.4, -0.2) is 24.3 Å². The first-order chi connectivity index (χ1) is 13.8. The predicted molar refractivity (Wildman–Crippen MR) is 108 cm³/mol. The number of carbonyl (C=O) groups is 1. The number of anilines is 2. The highest BCUT2D eigenvalue weighted by atomic mass is 32.2. The fourth-order valence-corrected chi connectivity index (χ4v) is 3.31. The Bertz CT molecular complexity index is 1160. The molecule has 148 valence electrons. The zero-order valence-corrected chi connectivity index (χ0v) is 16.2. The van der Waals surface area contributed by atoms with Crippen LogP contribution in [0.4, 0.5) is 16.0 Å². The number of halogens is 1. The number of hydrogen-bond donors (Lipinski definition) is 2. The van der Waals surface area contributed by atoms with Crippen molar-refractivity contribution >= 4 is 33.6 Å². The SMILES string of the molecule is Cc1ccnc(NS(=O)(=O)c2ccc(NC(=O)/C=C/c3cccc(F)c3)cc2)n1. The van der Waals surface area contributed by atoms with Crippen molar-refractivity contribution in [3.05, 3.63) is 83.9 Å². The van der Waals surface area contributed by atoms with Gasteiger partial charge in [-0.15, -0.1) is 0 Å². The fraction of sp³-hybridized carbons (Fsp3) is 0.0500. The van der Waals surface area contributed by atoms with Gasteiger partial charge in [0.25, 0.3) is 10.0 Å². The van der Waals surface area contributed by atoms with Gasteiger partial charge in [0.2, 0.25) is 11.9 Å². The highest BCUT2D eigenvalue weighted by Gasteiger charge is 2.15. The van der Waals surface area contributed by atoms with Crippen LogP contribution in [-0.2, 0) is 14.8 Å². The van der Waals surface area contributed by atoms with Crippen molar-refractivity contribution in [1.82, 2.24) is 9.97 Å². The van der Waals surface area contributed by atoms with Crippen molar-refractivity contribution in [2.75, 3.05) is 10.0 Å². The van der Waals surface area contributed by atoms with E-state index in [0.717, 1.165) is 0 Å². The highest BCUT2D eigenvalue weighted by molar-refractivity contribution is 7.92. The molecule has 1 heterocycles. The van der Waals surface area contributed by atoms with Crippen LogP contribution in [0.5, 0.6) is 0 Å². The molecule has 0 aliphatic carbocycles. The average molecular weight is 412 g/mol. The second-order valence-electron chi connectivity index (χ2n) is 6.03. The first-order valence-corrected chi connectivity index (χ1v) is 9.97. The Morgan fingerprint density at radius 1 is 1.10 bits per heavy atom. The molecule has 0 bridgehead atoms. The maximum absolute atomic E-state index is 13.1. The number of nitrogens with one attached hydrogen (secondary N) is 2. The van der Waals surface area contributed by atoms with E-state index in [1.54, 1.807) is 25.1 Å². The largest absolute Gasteiger partial charge is 0.323 e. The summed E-state index contributed by atoms with van der Waals surface area (Å²) in [7, 11) is -3.86. The Morgan fingerprint density at radius 3 is 2.55 bits per heavy atom. The van der Waals surface area contributed by atoms with Gasteiger partial charge in [-0.3, -0.25) is 4.79 Å². The summed E-state index contributed by atoms with van der Waals surface area (Å²) >= 11 is 0. The molecular weight excluding hydrogens is 395 g/mol. The second kappa shape index (κ2) is 8.61. The van der Waals surface area contributed by atoms with Crippen LogP contribution in [0.25, 0.3) is 6.08 Å². The number of sulfonamides is 1. The first kappa shape index (κ1) is 20.2. The molecule has 2 aromatic carbocycles. The molecule has 1 aromatic heterocycles. The van der Waals surface area contributed by atoms with Crippen molar-refractivity contribution in [3.63, 3.8) is 0 Å². The molecular formula is C20H17FN4O3S. The quantitative estimate of drug-likeness (QED) is 0.605. The van der Waals surface area contributed by atoms with E-state index in [9.17, 15) is 17.6 Å². The van der Waals surface area contributed by atoms with Crippen molar-refractivity contribution < 1.29 is 17.6 Å². The third-order valence-corrected chi connectivity index (χ3v) is 5.07. The lowest BCUT2D eigenvalue weighted by Gasteiger charge is -2.08. The second-order valence-corrected chi connectivity index (χ2v) is 7.71. The van der Waals surface area contributed by atoms with Gasteiger partial charge in [0, 0.05) is 23.7 Å². The van der Waals surface area contributed by atoms with E-state index in [0.29, 0.717) is 16.9 Å². The van der Waals surface area contributed by atoms with Gasteiger partial charge in [-0.05, 0) is 61.0 Å². The van der Waals surface area contributed by atoms with Gasteiger partial charge in [0.15, 0.2) is 0 Å². The predicted octanol–water partition coefficient (Wildman–Crippen LogP) is 3.38. The molecule has 0 saturated carbocycles. The molecule has 3 aromatic rings. The van der Waals surface area contributed by atoms with E-state index in [2.05, 4.69) is 20.0 Å². The topological polar surface area (TPSA) is 101 Å². The van der Waals surface area contributed by atoms with Gasteiger partial charge in [-0.1, -0.05) is 12.1 Å². The molecule has 0 saturated heterocycles. The van der Waals surface area contributed by atoms with Crippen LogP contribution >= 0.6 is 0 Å². The number of hydrogen-bond acceptors (Lipinski definition) is 5. The van der Waals surface area contributed by atoms with E-state index >= 15 is 0 Å². The average Bonchev–Trinajstić information content (AvgIpc) is 2.67. The summed E-state index contributed by atoms with van der Waals surface area (Å²) in [6, 6.07) is 13.1. The lowest BCUT2D eigenvalue weighted by atomic mass is 10.2. The molecule has 0 fully saturated rings. The molecule has 0 radical (unpaired) electrons. The third kappa shape index (κ3) is 5.69. The molecule has 3 rings (SSSR count). The number of aryl methyl sites for hydroxylation is 1. The van der Waals surface area contributed by atoms with Gasteiger partial charge in [0.1, 0.15) is 5.82 Å². The maximum atomic E-state index is 13.1. The minimum atomic E-state index is -3.86. The minimum Gasteiger partial charge on any atom is -0.323 e. The zero-order valence-electron chi connectivity index (χ0n) is 15.3. The lowest BCUT2D eigenvalue weighted by molar-refractivity contribution is -0.111. The Labute approximate surface area is 167 Å². The van der Waals surface area contributed by atoms with Gasteiger partial charge in [-0.25, -0.2) is 27.5 Å². The summed E-state index contributed by atoms with van der Waals surface area (Å²) in [5, 5.41) is 2.60. The standard InChI is InChI=1S/C20H17FN4O3S/c1-14-11-12-22-20(23-14)25-29(27,28)18-8-6-17(7-9-18)24-19(26)10-5-15-3-2-4-16(21)13-15/h2-13H,1H3,(H,24,26)(H,22,23,25)/b10-5+. The number of rotatable bonds is 6. The number of carbonyl (C=O) groups excluding carboxylic acids is 1. The van der Waals surface area contributed by atoms with Gasteiger partial charge in [-0.2, -0.15) is 0 Å². The molecule has 0 unspecified atom stereocenters. The molecule has 7 nitrogen and oxygen atoms in total. The van der Waals surface area contributed by atoms with E-state index in [1.165, 1.54) is 54.7 Å². The molecule has 2 N–H and O–H groups in total. The number of aromatic nitrogens is 2. The van der Waals surface area contributed by atoms with Crippen molar-refractivity contribution in [2.24, 2.45) is 0 Å². The summed E-state index contributed by atoms with van der Waals surface area (Å²) in [6.07, 6.45) is 4.19. The van der Waals surface area contributed by atoms with Crippen molar-refractivity contribution in [1.29, 1.82) is 0 Å². The van der Waals surface area contributed by atoms with E-state index < -0.39 is 21.7 Å². The maximum Gasteiger partial charge on any atom is 0.264 e. The smallest absolute Gasteiger partial charge is 0.264 e. The van der Waals surface area contributed by atoms with E-state index in [-0.39, 0.29) is 10.8 Å². The van der Waals surface area contributed by atoms with Gasteiger partial charge in [0.05, 0.1) is 4.90 Å². The molecule has 29 heavy (non-hydrogen) atoms. The first-order valence-electron chi connectivity index (χ1n) is 8.49. The summed E-state index contributed by atoms with van der Waals surface area (Å²) < 4.78 is 40.3. The Hall–Kier alpha value is -3.59. The molecule has 0 aliphatic rings. The molecule has 9 heteroatoms. The van der Waals surface area contributed by atoms with Crippen molar-refractivity contribution in [2.45, 2.75) is 11.8 Å². The highest BCUT2D eigenvalue weighted by Crippen LogP contribution is 2.17. The molecule has 1 amide bonds. The van der Waals surface area contributed by atoms with E-state index in [4.69, 9.17) is 0 Å². The third-order valence-electron chi connectivity index (χ3n) is 3.73. The van der Waals surface area contributed by atoms with Crippen LogP contribution in [0.1, 0.15) is 11.3 Å². The monoisotopic (exact) mass is 412 g/mol. The lowest BCUT2D eigenvalue weighted by Crippen LogP contribution is -2.15. The van der Waals surface area contributed by atoms with Gasteiger partial charge >= 0.3 is 0 Å². The van der Waals surface area contributed by atoms with Crippen molar-refractivity contribution in [3.8, 4) is 0 Å². The molecule has 0 aliphatic heterocycles. The Balaban J connectivity index is 1.65.